The van der Waals surface area contributed by atoms with Gasteiger partial charge in [0.25, 0.3) is 0 Å². The quantitative estimate of drug-likeness (QED) is 0.842. The molecular formula is C18H19N3O2S. The Labute approximate surface area is 145 Å². The van der Waals surface area contributed by atoms with Gasteiger partial charge in [0, 0.05) is 36.8 Å². The first kappa shape index (κ1) is 16.5. The molecule has 0 saturated carbocycles. The summed E-state index contributed by atoms with van der Waals surface area (Å²) in [7, 11) is 0. The lowest BCUT2D eigenvalue weighted by atomic mass is 10.1. The second-order valence-electron chi connectivity index (χ2n) is 5.60. The third kappa shape index (κ3) is 4.35. The number of nitrogens with one attached hydrogen (secondary N) is 2. The lowest BCUT2D eigenvalue weighted by molar-refractivity contribution is -0.122. The van der Waals surface area contributed by atoms with Crippen LogP contribution in [0.5, 0.6) is 0 Å². The number of aromatic nitrogens is 1. The average molecular weight is 341 g/mol. The molecule has 1 aliphatic heterocycles. The summed E-state index contributed by atoms with van der Waals surface area (Å²) in [4.78, 5) is 29.2. The first-order chi connectivity index (χ1) is 11.7. The van der Waals surface area contributed by atoms with Gasteiger partial charge in [-0.3, -0.25) is 14.6 Å². The Balaban J connectivity index is 1.36. The summed E-state index contributed by atoms with van der Waals surface area (Å²) >= 11 is 1.59. The van der Waals surface area contributed by atoms with E-state index in [4.69, 9.17) is 0 Å². The van der Waals surface area contributed by atoms with Gasteiger partial charge in [0.1, 0.15) is 0 Å². The van der Waals surface area contributed by atoms with Gasteiger partial charge < -0.3 is 10.6 Å². The molecule has 0 unspecified atom stereocenters. The standard InChI is InChI=1S/C18H19N3O2S/c22-17(21-12-13-4-3-8-19-11-13)7-9-20-18(23)16-10-14-5-1-2-6-15(14)24-16/h1-6,8,11,16H,7,9-10,12H2,(H,20,23)(H,21,22)/t16-/m0/s1. The number of carbonyl (C=O) groups excluding carboxylic acids is 2. The third-order valence-electron chi connectivity index (χ3n) is 3.80. The predicted molar refractivity (Wildman–Crippen MR) is 93.5 cm³/mol. The van der Waals surface area contributed by atoms with Gasteiger partial charge in [-0.05, 0) is 29.7 Å². The number of carbonyl (C=O) groups is 2. The monoisotopic (exact) mass is 341 g/mol. The van der Waals surface area contributed by atoms with Crippen molar-refractivity contribution < 1.29 is 9.59 Å². The molecule has 1 aliphatic rings. The van der Waals surface area contributed by atoms with Gasteiger partial charge in [-0.15, -0.1) is 11.8 Å². The van der Waals surface area contributed by atoms with E-state index in [0.29, 0.717) is 13.1 Å². The predicted octanol–water partition coefficient (Wildman–Crippen LogP) is 1.92. The van der Waals surface area contributed by atoms with Gasteiger partial charge >= 0.3 is 0 Å². The summed E-state index contributed by atoms with van der Waals surface area (Å²) in [6.07, 6.45) is 4.44. The molecule has 2 amide bonds. The van der Waals surface area contributed by atoms with Gasteiger partial charge in [-0.2, -0.15) is 0 Å². The molecule has 3 rings (SSSR count). The van der Waals surface area contributed by atoms with Gasteiger partial charge in [0.05, 0.1) is 5.25 Å². The normalized spacial score (nSPS) is 15.6. The van der Waals surface area contributed by atoms with E-state index in [1.54, 1.807) is 24.2 Å². The van der Waals surface area contributed by atoms with Crippen LogP contribution in [-0.4, -0.2) is 28.6 Å². The molecule has 1 atom stereocenters. The summed E-state index contributed by atoms with van der Waals surface area (Å²) in [5.74, 6) is -0.0854. The van der Waals surface area contributed by atoms with Crippen LogP contribution in [0.4, 0.5) is 0 Å². The number of pyridine rings is 1. The van der Waals surface area contributed by atoms with Crippen LogP contribution in [0, 0.1) is 0 Å². The van der Waals surface area contributed by atoms with E-state index in [-0.39, 0.29) is 23.5 Å². The molecule has 2 heterocycles. The minimum absolute atomic E-state index is 0.00346. The van der Waals surface area contributed by atoms with Crippen molar-refractivity contribution in [3.8, 4) is 0 Å². The molecule has 1 aromatic heterocycles. The fourth-order valence-electron chi connectivity index (χ4n) is 2.53. The van der Waals surface area contributed by atoms with E-state index >= 15 is 0 Å². The molecule has 0 spiro atoms. The van der Waals surface area contributed by atoms with E-state index in [1.165, 1.54) is 10.5 Å². The maximum absolute atomic E-state index is 12.2. The summed E-state index contributed by atoms with van der Waals surface area (Å²) < 4.78 is 0. The SMILES string of the molecule is O=C(CCNC(=O)[C@@H]1Cc2ccccc2S1)NCc1cccnc1. The number of rotatable bonds is 6. The van der Waals surface area contributed by atoms with Gasteiger partial charge in [-0.1, -0.05) is 24.3 Å². The van der Waals surface area contributed by atoms with E-state index < -0.39 is 0 Å². The number of hydrogen-bond acceptors (Lipinski definition) is 4. The summed E-state index contributed by atoms with van der Waals surface area (Å²) in [6.45, 7) is 0.805. The Kier molecular flexibility index (Phi) is 5.48. The number of amides is 2. The van der Waals surface area contributed by atoms with Crippen LogP contribution < -0.4 is 10.6 Å². The Hall–Kier alpha value is -2.34. The second kappa shape index (κ2) is 7.97. The average Bonchev–Trinajstić information content (AvgIpc) is 3.05. The van der Waals surface area contributed by atoms with Crippen molar-refractivity contribution in [3.63, 3.8) is 0 Å². The Morgan fingerprint density at radius 2 is 2.04 bits per heavy atom. The minimum Gasteiger partial charge on any atom is -0.355 e. The van der Waals surface area contributed by atoms with Crippen LogP contribution in [0.2, 0.25) is 0 Å². The zero-order chi connectivity index (χ0) is 16.8. The number of thioether (sulfide) groups is 1. The topological polar surface area (TPSA) is 71.1 Å². The van der Waals surface area contributed by atoms with E-state index in [1.807, 2.05) is 30.3 Å². The van der Waals surface area contributed by atoms with Crippen molar-refractivity contribution in [2.24, 2.45) is 0 Å². The van der Waals surface area contributed by atoms with Crippen LogP contribution in [0.3, 0.4) is 0 Å². The molecule has 0 aliphatic carbocycles. The first-order valence-electron chi connectivity index (χ1n) is 7.90. The molecule has 1 aromatic carbocycles. The lowest BCUT2D eigenvalue weighted by Crippen LogP contribution is -2.35. The van der Waals surface area contributed by atoms with E-state index in [9.17, 15) is 9.59 Å². The second-order valence-corrected chi connectivity index (χ2v) is 6.84. The van der Waals surface area contributed by atoms with Crippen LogP contribution >= 0.6 is 11.8 Å². The fraction of sp³-hybridized carbons (Fsp3) is 0.278. The number of nitrogens with zero attached hydrogens (tertiary/aromatic N) is 1. The van der Waals surface area contributed by atoms with E-state index in [2.05, 4.69) is 21.7 Å². The highest BCUT2D eigenvalue weighted by Gasteiger charge is 2.27. The van der Waals surface area contributed by atoms with Crippen LogP contribution in [-0.2, 0) is 22.6 Å². The molecule has 2 aromatic rings. The molecule has 5 nitrogen and oxygen atoms in total. The van der Waals surface area contributed by atoms with Crippen LogP contribution in [0.1, 0.15) is 17.5 Å². The van der Waals surface area contributed by atoms with Crippen molar-refractivity contribution in [2.45, 2.75) is 29.5 Å². The molecule has 0 radical (unpaired) electrons. The fourth-order valence-corrected chi connectivity index (χ4v) is 3.75. The van der Waals surface area contributed by atoms with Crippen molar-refractivity contribution in [2.75, 3.05) is 6.54 Å². The summed E-state index contributed by atoms with van der Waals surface area (Å²) in [5, 5.41) is 5.58. The van der Waals surface area contributed by atoms with Crippen molar-refractivity contribution >= 4 is 23.6 Å². The molecule has 124 valence electrons. The molecule has 0 bridgehead atoms. The largest absolute Gasteiger partial charge is 0.355 e. The third-order valence-corrected chi connectivity index (χ3v) is 5.12. The molecule has 24 heavy (non-hydrogen) atoms. The number of benzene rings is 1. The van der Waals surface area contributed by atoms with Gasteiger partial charge in [0.15, 0.2) is 0 Å². The van der Waals surface area contributed by atoms with Crippen LogP contribution in [0.15, 0.2) is 53.7 Å². The molecule has 0 fully saturated rings. The Morgan fingerprint density at radius 3 is 2.83 bits per heavy atom. The number of fused-ring (bicyclic) bond motifs is 1. The van der Waals surface area contributed by atoms with Crippen molar-refractivity contribution in [1.82, 2.24) is 15.6 Å². The maximum Gasteiger partial charge on any atom is 0.233 e. The smallest absolute Gasteiger partial charge is 0.233 e. The summed E-state index contributed by atoms with van der Waals surface area (Å²) in [6, 6.07) is 11.8. The molecule has 2 N–H and O–H groups in total. The van der Waals surface area contributed by atoms with Gasteiger partial charge in [-0.25, -0.2) is 0 Å². The lowest BCUT2D eigenvalue weighted by Gasteiger charge is -2.10. The Morgan fingerprint density at radius 1 is 1.17 bits per heavy atom. The number of hydrogen-bond donors (Lipinski definition) is 2. The minimum atomic E-state index is -0.0964. The van der Waals surface area contributed by atoms with E-state index in [0.717, 1.165) is 12.0 Å². The van der Waals surface area contributed by atoms with Crippen molar-refractivity contribution in [3.05, 3.63) is 59.9 Å². The summed E-state index contributed by atoms with van der Waals surface area (Å²) in [5.41, 5.74) is 2.17. The highest BCUT2D eigenvalue weighted by molar-refractivity contribution is 8.01. The molecular weight excluding hydrogens is 322 g/mol. The highest BCUT2D eigenvalue weighted by atomic mass is 32.2. The maximum atomic E-state index is 12.2. The molecule has 6 heteroatoms. The highest BCUT2D eigenvalue weighted by Crippen LogP contribution is 2.36. The Bertz CT molecular complexity index is 696. The molecule has 0 saturated heterocycles. The van der Waals surface area contributed by atoms with Gasteiger partial charge in [0.2, 0.25) is 11.8 Å². The zero-order valence-corrected chi connectivity index (χ0v) is 14.0. The van der Waals surface area contributed by atoms with Crippen LogP contribution in [0.25, 0.3) is 0 Å². The van der Waals surface area contributed by atoms with Crippen molar-refractivity contribution in [1.29, 1.82) is 0 Å². The zero-order valence-electron chi connectivity index (χ0n) is 13.2. The first-order valence-corrected chi connectivity index (χ1v) is 8.78.